The summed E-state index contributed by atoms with van der Waals surface area (Å²) in [7, 11) is 0. The maximum Gasteiger partial charge on any atom is 0.130 e. The predicted molar refractivity (Wildman–Crippen MR) is 88.7 cm³/mol. The van der Waals surface area contributed by atoms with Crippen molar-refractivity contribution in [2.75, 3.05) is 11.9 Å². The van der Waals surface area contributed by atoms with Crippen molar-refractivity contribution < 1.29 is 4.74 Å². The molecule has 2 atom stereocenters. The van der Waals surface area contributed by atoms with Crippen molar-refractivity contribution >= 4 is 51.7 Å². The highest BCUT2D eigenvalue weighted by Crippen LogP contribution is 2.36. The van der Waals surface area contributed by atoms with Crippen LogP contribution in [0.2, 0.25) is 10.0 Å². The van der Waals surface area contributed by atoms with Crippen LogP contribution in [0.5, 0.6) is 0 Å². The highest BCUT2D eigenvalue weighted by atomic mass is 35.5. The number of fused-ring (bicyclic) bond motifs is 1. The molecule has 0 amide bonds. The number of nitrogens with zero attached hydrogens (tertiary/aromatic N) is 2. The van der Waals surface area contributed by atoms with Gasteiger partial charge in [-0.25, -0.2) is 0 Å². The second-order valence-corrected chi connectivity index (χ2v) is 7.04. The predicted octanol–water partition coefficient (Wildman–Crippen LogP) is 4.61. The van der Waals surface area contributed by atoms with Gasteiger partial charge in [0.05, 0.1) is 33.6 Å². The topological polar surface area (TPSA) is 47.0 Å². The molecule has 0 bridgehead atoms. The fourth-order valence-electron chi connectivity index (χ4n) is 2.64. The Balaban J connectivity index is 1.86. The van der Waals surface area contributed by atoms with Gasteiger partial charge in [-0.2, -0.15) is 8.75 Å². The van der Waals surface area contributed by atoms with E-state index in [-0.39, 0.29) is 6.10 Å². The van der Waals surface area contributed by atoms with Crippen LogP contribution >= 0.6 is 34.9 Å². The molecular formula is C14H17Cl2N3OS. The third-order valence-corrected chi connectivity index (χ3v) is 4.97. The van der Waals surface area contributed by atoms with Crippen LogP contribution in [0.4, 0.5) is 5.69 Å². The number of hydrogen-bond acceptors (Lipinski definition) is 5. The molecule has 1 aromatic heterocycles. The van der Waals surface area contributed by atoms with Gasteiger partial charge in [-0.05, 0) is 24.8 Å². The van der Waals surface area contributed by atoms with Gasteiger partial charge in [-0.1, -0.05) is 37.0 Å². The molecule has 114 valence electrons. The van der Waals surface area contributed by atoms with Crippen LogP contribution in [0.15, 0.2) is 6.07 Å². The van der Waals surface area contributed by atoms with Crippen LogP contribution in [0.3, 0.4) is 0 Å². The lowest BCUT2D eigenvalue weighted by molar-refractivity contribution is -0.0160. The molecule has 3 rings (SSSR count). The van der Waals surface area contributed by atoms with E-state index in [9.17, 15) is 0 Å². The van der Waals surface area contributed by atoms with E-state index in [0.717, 1.165) is 42.4 Å². The van der Waals surface area contributed by atoms with E-state index in [0.29, 0.717) is 27.5 Å². The zero-order valence-corrected chi connectivity index (χ0v) is 14.2. The summed E-state index contributed by atoms with van der Waals surface area (Å²) in [5.41, 5.74) is 2.30. The highest BCUT2D eigenvalue weighted by Gasteiger charge is 2.26. The number of nitrogens with one attached hydrogen (secondary N) is 1. The van der Waals surface area contributed by atoms with Gasteiger partial charge < -0.3 is 10.1 Å². The Morgan fingerprint density at radius 2 is 2.05 bits per heavy atom. The molecule has 0 radical (unpaired) electrons. The fraction of sp³-hybridized carbons (Fsp3) is 0.571. The molecule has 1 aromatic carbocycles. The van der Waals surface area contributed by atoms with Gasteiger partial charge in [0.25, 0.3) is 0 Å². The largest absolute Gasteiger partial charge is 0.379 e. The van der Waals surface area contributed by atoms with Gasteiger partial charge in [0, 0.05) is 12.6 Å². The quantitative estimate of drug-likeness (QED) is 0.881. The summed E-state index contributed by atoms with van der Waals surface area (Å²) in [5.74, 6) is 0.510. The number of benzene rings is 1. The first-order valence-electron chi connectivity index (χ1n) is 7.04. The standard InChI is InChI=1S/C14H17Cl2N3OS/c1-7(2)11-5-8(3-4-20-11)17-12-9(15)6-10(16)13-14(12)19-21-18-13/h6-8,11,17H,3-5H2,1-2H3. The van der Waals surface area contributed by atoms with Crippen LogP contribution in [-0.4, -0.2) is 27.5 Å². The molecule has 21 heavy (non-hydrogen) atoms. The summed E-state index contributed by atoms with van der Waals surface area (Å²) in [5, 5.41) is 4.66. The molecule has 2 unspecified atom stereocenters. The number of ether oxygens (including phenoxy) is 1. The van der Waals surface area contributed by atoms with Gasteiger partial charge in [-0.15, -0.1) is 0 Å². The molecule has 0 saturated carbocycles. The average molecular weight is 346 g/mol. The van der Waals surface area contributed by atoms with Crippen molar-refractivity contribution in [3.63, 3.8) is 0 Å². The molecule has 1 aliphatic rings. The lowest BCUT2D eigenvalue weighted by Gasteiger charge is -2.33. The van der Waals surface area contributed by atoms with Gasteiger partial charge >= 0.3 is 0 Å². The second kappa shape index (κ2) is 6.24. The first-order chi connectivity index (χ1) is 10.1. The summed E-state index contributed by atoms with van der Waals surface area (Å²) in [6, 6.07) is 2.06. The first kappa shape index (κ1) is 15.3. The molecular weight excluding hydrogens is 329 g/mol. The molecule has 1 saturated heterocycles. The molecule has 0 spiro atoms. The number of halogens is 2. The van der Waals surface area contributed by atoms with E-state index >= 15 is 0 Å². The minimum absolute atomic E-state index is 0.284. The molecule has 2 heterocycles. The molecule has 4 nitrogen and oxygen atoms in total. The maximum atomic E-state index is 6.34. The number of rotatable bonds is 3. The van der Waals surface area contributed by atoms with E-state index in [1.54, 1.807) is 6.07 Å². The summed E-state index contributed by atoms with van der Waals surface area (Å²) in [4.78, 5) is 0. The molecule has 1 N–H and O–H groups in total. The smallest absolute Gasteiger partial charge is 0.130 e. The number of hydrogen-bond donors (Lipinski definition) is 1. The lowest BCUT2D eigenvalue weighted by atomic mass is 9.95. The maximum absolute atomic E-state index is 6.34. The van der Waals surface area contributed by atoms with Crippen molar-refractivity contribution in [3.8, 4) is 0 Å². The second-order valence-electron chi connectivity index (χ2n) is 5.70. The van der Waals surface area contributed by atoms with E-state index in [1.165, 1.54) is 0 Å². The highest BCUT2D eigenvalue weighted by molar-refractivity contribution is 7.00. The van der Waals surface area contributed by atoms with E-state index in [4.69, 9.17) is 27.9 Å². The van der Waals surface area contributed by atoms with Crippen molar-refractivity contribution in [1.82, 2.24) is 8.75 Å². The summed E-state index contributed by atoms with van der Waals surface area (Å²) < 4.78 is 14.4. The van der Waals surface area contributed by atoms with Crippen LogP contribution in [0.25, 0.3) is 11.0 Å². The van der Waals surface area contributed by atoms with E-state index in [2.05, 4.69) is 27.9 Å². The van der Waals surface area contributed by atoms with Crippen LogP contribution in [0.1, 0.15) is 26.7 Å². The number of aromatic nitrogens is 2. The van der Waals surface area contributed by atoms with Crippen molar-refractivity contribution in [1.29, 1.82) is 0 Å². The zero-order valence-electron chi connectivity index (χ0n) is 11.9. The van der Waals surface area contributed by atoms with E-state index < -0.39 is 0 Å². The normalized spacial score (nSPS) is 22.9. The van der Waals surface area contributed by atoms with Gasteiger partial charge in [-0.3, -0.25) is 0 Å². The van der Waals surface area contributed by atoms with Crippen LogP contribution in [-0.2, 0) is 4.74 Å². The number of anilines is 1. The molecule has 7 heteroatoms. The Morgan fingerprint density at radius 1 is 1.29 bits per heavy atom. The summed E-state index contributed by atoms with van der Waals surface area (Å²) in [6.07, 6.45) is 2.21. The molecule has 1 fully saturated rings. The Hall–Kier alpha value is -0.620. The average Bonchev–Trinajstić information content (AvgIpc) is 2.93. The van der Waals surface area contributed by atoms with Crippen LogP contribution in [0, 0.1) is 5.92 Å². The van der Waals surface area contributed by atoms with Crippen molar-refractivity contribution in [3.05, 3.63) is 16.1 Å². The Morgan fingerprint density at radius 3 is 2.81 bits per heavy atom. The van der Waals surface area contributed by atoms with Crippen LogP contribution < -0.4 is 5.32 Å². The van der Waals surface area contributed by atoms with Gasteiger partial charge in [0.2, 0.25) is 0 Å². The zero-order chi connectivity index (χ0) is 15.0. The molecule has 2 aromatic rings. The molecule has 0 aliphatic carbocycles. The third kappa shape index (κ3) is 3.11. The van der Waals surface area contributed by atoms with E-state index in [1.807, 2.05) is 0 Å². The first-order valence-corrected chi connectivity index (χ1v) is 8.53. The molecule has 1 aliphatic heterocycles. The van der Waals surface area contributed by atoms with Crippen molar-refractivity contribution in [2.45, 2.75) is 38.8 Å². The summed E-state index contributed by atoms with van der Waals surface area (Å²) in [6.45, 7) is 5.14. The van der Waals surface area contributed by atoms with Gasteiger partial charge in [0.15, 0.2) is 0 Å². The lowest BCUT2D eigenvalue weighted by Crippen LogP contribution is -2.36. The SMILES string of the molecule is CC(C)C1CC(Nc2c(Cl)cc(Cl)c3nsnc23)CCO1. The fourth-order valence-corrected chi connectivity index (χ4v) is 3.81. The Kier molecular flexibility index (Phi) is 4.54. The van der Waals surface area contributed by atoms with Crippen molar-refractivity contribution in [2.24, 2.45) is 5.92 Å². The Bertz CT molecular complexity index is 646. The Labute approximate surface area is 138 Å². The van der Waals surface area contributed by atoms with Gasteiger partial charge in [0.1, 0.15) is 11.0 Å². The summed E-state index contributed by atoms with van der Waals surface area (Å²) >= 11 is 13.6. The minimum atomic E-state index is 0.284. The minimum Gasteiger partial charge on any atom is -0.379 e. The monoisotopic (exact) mass is 345 g/mol. The third-order valence-electron chi connectivity index (χ3n) is 3.85.